The van der Waals surface area contributed by atoms with Gasteiger partial charge in [0.05, 0.1) is 0 Å². The first kappa shape index (κ1) is 29.6. The fourth-order valence-electron chi connectivity index (χ4n) is 0.557. The van der Waals surface area contributed by atoms with Crippen molar-refractivity contribution in [1.29, 1.82) is 0 Å². The Kier molecular flexibility index (Phi) is 47.7. The number of halogens is 3. The first-order valence-electron chi connectivity index (χ1n) is 3.26. The summed E-state index contributed by atoms with van der Waals surface area (Å²) in [5, 5.41) is 0. The molecule has 10 heteroatoms. The van der Waals surface area contributed by atoms with Crippen LogP contribution in [0.15, 0.2) is 4.76 Å². The predicted octanol–water partition coefficient (Wildman–Crippen LogP) is -8.73. The molecule has 15 heavy (non-hydrogen) atoms. The van der Waals surface area contributed by atoms with E-state index >= 15 is 0 Å². The molecule has 1 heterocycles. The summed E-state index contributed by atoms with van der Waals surface area (Å²) in [4.78, 5) is 0. The Bertz CT molecular complexity index is 140. The van der Waals surface area contributed by atoms with Crippen LogP contribution in [0, 0.1) is 0 Å². The Hall–Kier alpha value is 0.732. The third kappa shape index (κ3) is 31.3. The van der Waals surface area contributed by atoms with Gasteiger partial charge in [0.15, 0.2) is 5.96 Å². The molecule has 0 saturated carbocycles. The molecule has 0 aliphatic carbocycles. The van der Waals surface area contributed by atoms with Crippen molar-refractivity contribution in [1.82, 2.24) is 0 Å². The Morgan fingerprint density at radius 2 is 1.53 bits per heavy atom. The summed E-state index contributed by atoms with van der Waals surface area (Å²) >= 11 is 0. The number of nitrogens with zero attached hydrogens (tertiary/aromatic N) is 1. The van der Waals surface area contributed by atoms with E-state index in [4.69, 9.17) is 16.2 Å². The van der Waals surface area contributed by atoms with Crippen LogP contribution in [-0.2, 0) is 26.7 Å². The van der Waals surface area contributed by atoms with Crippen molar-refractivity contribution in [3.63, 3.8) is 0 Å². The maximum absolute atomic E-state index is 9.36. The van der Waals surface area contributed by atoms with Crippen LogP contribution >= 0.6 is 8.61 Å². The van der Waals surface area contributed by atoms with Crippen LogP contribution in [0.1, 0.15) is 12.8 Å². The molecule has 91 valence electrons. The molecule has 0 aromatic carbocycles. The van der Waals surface area contributed by atoms with Crippen LogP contribution in [0.3, 0.4) is 0 Å². The minimum absolute atomic E-state index is 0. The van der Waals surface area contributed by atoms with Crippen LogP contribution in [0.25, 0.3) is 0 Å². The van der Waals surface area contributed by atoms with Gasteiger partial charge in [-0.3, -0.25) is 0 Å². The summed E-state index contributed by atoms with van der Waals surface area (Å²) in [6, 6.07) is 0. The molecule has 1 aliphatic rings. The van der Waals surface area contributed by atoms with Crippen molar-refractivity contribution < 1.29 is 63.9 Å². The van der Waals surface area contributed by atoms with Gasteiger partial charge in [0, 0.05) is 13.2 Å². The van der Waals surface area contributed by atoms with Gasteiger partial charge in [-0.05, 0) is 12.8 Å². The van der Waals surface area contributed by atoms with E-state index in [0.717, 1.165) is 13.2 Å². The van der Waals surface area contributed by atoms with E-state index in [2.05, 4.69) is 4.76 Å². The Balaban J connectivity index is -0.0000000352. The molecule has 0 atom stereocenters. The van der Waals surface area contributed by atoms with Gasteiger partial charge in [0.25, 0.3) is 0 Å². The monoisotopic (exact) mass is 334 g/mol. The minimum atomic E-state index is -0.388. The van der Waals surface area contributed by atoms with Crippen LogP contribution in [-0.4, -0.2) is 19.2 Å². The third-order valence-corrected chi connectivity index (χ3v) is 1.30. The first-order valence-corrected chi connectivity index (χ1v) is 4.03. The van der Waals surface area contributed by atoms with Crippen LogP contribution in [0.4, 0.5) is 0 Å². The van der Waals surface area contributed by atoms with Crippen LogP contribution < -0.4 is 48.7 Å². The summed E-state index contributed by atoms with van der Waals surface area (Å²) in [5.41, 5.74) is 9.45. The zero-order chi connectivity index (χ0) is 8.53. The molecule has 5 nitrogen and oxygen atoms in total. The molecule has 0 spiro atoms. The molecular weight excluding hydrogens is 323 g/mol. The Labute approximate surface area is 120 Å². The Morgan fingerprint density at radius 3 is 1.60 bits per heavy atom. The van der Waals surface area contributed by atoms with Gasteiger partial charge in [-0.25, -0.2) is 4.57 Å². The van der Waals surface area contributed by atoms with Crippen molar-refractivity contribution in [2.75, 3.05) is 13.2 Å². The van der Waals surface area contributed by atoms with Gasteiger partial charge in [0.1, 0.15) is 0 Å². The molecule has 1 aliphatic heterocycles. The predicted molar refractivity (Wildman–Crippen MR) is 43.5 cm³/mol. The molecule has 0 aromatic heterocycles. The average Bonchev–Trinajstić information content (AvgIpc) is 2.41. The van der Waals surface area contributed by atoms with Crippen LogP contribution in [0.5, 0.6) is 0 Å². The zero-order valence-electron chi connectivity index (χ0n) is 7.74. The van der Waals surface area contributed by atoms with Crippen molar-refractivity contribution in [2.45, 2.75) is 12.8 Å². The number of ether oxygens (including phenoxy) is 1. The number of guanidine groups is 1. The summed E-state index contributed by atoms with van der Waals surface area (Å²) in [6.45, 7) is 2.00. The second kappa shape index (κ2) is 24.1. The van der Waals surface area contributed by atoms with Crippen LogP contribution in [0.2, 0.25) is 0 Å². The molecule has 0 unspecified atom stereocenters. The molecule has 1 rings (SSSR count). The van der Waals surface area contributed by atoms with Crippen molar-refractivity contribution in [3.05, 3.63) is 0 Å². The summed E-state index contributed by atoms with van der Waals surface area (Å²) in [7, 11) is -0.388. The average molecular weight is 335 g/mol. The van der Waals surface area contributed by atoms with Gasteiger partial charge in [-0.15, -0.1) is 0 Å². The standard InChI is InChI=1S/C4H8O.CH4N3OP.3ClH.Cr/c1-2-4-5-3-1;2-1(3)4-6-5;;;;/h1-4H2;(H4,2,3,4,5);3*1H;/q;;;;;+3/p-3. The van der Waals surface area contributed by atoms with Crippen molar-refractivity contribution in [2.24, 2.45) is 16.2 Å². The summed E-state index contributed by atoms with van der Waals surface area (Å²) < 4.78 is 17.3. The molecule has 1 radical (unpaired) electrons. The van der Waals surface area contributed by atoms with E-state index in [-0.39, 0.29) is 69.2 Å². The van der Waals surface area contributed by atoms with Crippen molar-refractivity contribution >= 4 is 14.6 Å². The largest absolute Gasteiger partial charge is 3.00 e. The first-order chi connectivity index (χ1) is 5.27. The fraction of sp³-hybridized carbons (Fsp3) is 0.800. The second-order valence-corrected chi connectivity index (χ2v) is 2.29. The number of nitrogens with two attached hydrogens (primary N) is 2. The topological polar surface area (TPSA) is 90.7 Å². The number of hydrogen-bond donors (Lipinski definition) is 2. The van der Waals surface area contributed by atoms with Gasteiger partial charge >= 0.3 is 26.0 Å². The Morgan fingerprint density at radius 1 is 1.13 bits per heavy atom. The molecule has 1 saturated heterocycles. The molecule has 0 bridgehead atoms. The maximum atomic E-state index is 9.36. The molecule has 0 amide bonds. The third-order valence-electron chi connectivity index (χ3n) is 0.984. The van der Waals surface area contributed by atoms with Crippen molar-refractivity contribution in [3.8, 4) is 0 Å². The maximum Gasteiger partial charge on any atom is 3.00 e. The van der Waals surface area contributed by atoms with Gasteiger partial charge in [0.2, 0.25) is 0 Å². The van der Waals surface area contributed by atoms with E-state index < -0.39 is 0 Å². The minimum Gasteiger partial charge on any atom is -1.00 e. The molecule has 4 N–H and O–H groups in total. The van der Waals surface area contributed by atoms with Gasteiger partial charge in [-0.1, -0.05) is 0 Å². The fourth-order valence-corrected chi connectivity index (χ4v) is 0.652. The van der Waals surface area contributed by atoms with Gasteiger partial charge in [-0.2, -0.15) is 4.76 Å². The molecule has 1 fully saturated rings. The second-order valence-electron chi connectivity index (χ2n) is 1.93. The van der Waals surface area contributed by atoms with E-state index in [1.54, 1.807) is 0 Å². The van der Waals surface area contributed by atoms with E-state index in [1.165, 1.54) is 12.8 Å². The quantitative estimate of drug-likeness (QED) is 0.283. The summed E-state index contributed by atoms with van der Waals surface area (Å²) in [6.07, 6.45) is 2.56. The zero-order valence-corrected chi connectivity index (χ0v) is 12.2. The van der Waals surface area contributed by atoms with E-state index in [9.17, 15) is 4.57 Å². The number of rotatable bonds is 1. The van der Waals surface area contributed by atoms with E-state index in [0.29, 0.717) is 0 Å². The smallest absolute Gasteiger partial charge is 1.00 e. The number of hydrogen-bond acceptors (Lipinski definition) is 2. The summed E-state index contributed by atoms with van der Waals surface area (Å²) in [5.74, 6) is -0.160. The van der Waals surface area contributed by atoms with Gasteiger partial charge < -0.3 is 53.4 Å². The normalized spacial score (nSPS) is 11.2. The SMILES string of the molecule is C1CCOC1.NC(N)=NP=O.[Cl-].[Cl-].[Cl-].[Cr+3]. The molecular formula is C5H12Cl3CrN3O2P. The molecule has 0 aromatic rings. The van der Waals surface area contributed by atoms with E-state index in [1.807, 2.05) is 0 Å².